The summed E-state index contributed by atoms with van der Waals surface area (Å²) in [7, 11) is 0. The van der Waals surface area contributed by atoms with Crippen molar-refractivity contribution in [1.29, 1.82) is 0 Å². The number of nitrogens with zero attached hydrogens (tertiary/aromatic N) is 1. The number of aromatic nitrogens is 1. The zero-order chi connectivity index (χ0) is 14.8. The molecule has 1 aromatic carbocycles. The number of pyridine rings is 1. The van der Waals surface area contributed by atoms with Crippen molar-refractivity contribution in [3.63, 3.8) is 0 Å². The van der Waals surface area contributed by atoms with Gasteiger partial charge in [0, 0.05) is 28.7 Å². The molecule has 0 spiro atoms. The fraction of sp³-hybridized carbons (Fsp3) is 0.0833. The minimum absolute atomic E-state index is 0.00597. The number of nitrogens with two attached hydrogens (primary N) is 1. The smallest absolute Gasteiger partial charge is 0.355 e. The van der Waals surface area contributed by atoms with E-state index in [1.165, 1.54) is 12.3 Å². The van der Waals surface area contributed by atoms with Gasteiger partial charge in [-0.15, -0.1) is 0 Å². The molecule has 4 nitrogen and oxygen atoms in total. The standard InChI is InChI=1S/C12H10ClF3N4/c13-8-3-7(12(14,15)16)4-10(5-8)19-9-1-2-18-11(6-9)20-17/h1-6H,17H2,(H2,18,19,20). The Morgan fingerprint density at radius 1 is 1.10 bits per heavy atom. The molecule has 8 heteroatoms. The zero-order valence-electron chi connectivity index (χ0n) is 10.0. The average Bonchev–Trinajstić information content (AvgIpc) is 2.37. The summed E-state index contributed by atoms with van der Waals surface area (Å²) >= 11 is 5.70. The van der Waals surface area contributed by atoms with E-state index in [2.05, 4.69) is 15.7 Å². The van der Waals surface area contributed by atoms with Crippen molar-refractivity contribution < 1.29 is 13.2 Å². The van der Waals surface area contributed by atoms with Crippen molar-refractivity contribution in [3.05, 3.63) is 47.1 Å². The highest BCUT2D eigenvalue weighted by atomic mass is 35.5. The maximum Gasteiger partial charge on any atom is 0.416 e. The first-order valence-corrected chi connectivity index (χ1v) is 5.84. The maximum absolute atomic E-state index is 12.7. The molecular formula is C12H10ClF3N4. The molecule has 106 valence electrons. The van der Waals surface area contributed by atoms with Crippen LogP contribution in [0.2, 0.25) is 5.02 Å². The molecule has 2 aromatic rings. The molecule has 0 saturated carbocycles. The Morgan fingerprint density at radius 3 is 2.50 bits per heavy atom. The van der Waals surface area contributed by atoms with Crippen LogP contribution >= 0.6 is 11.6 Å². The Bertz CT molecular complexity index is 616. The fourth-order valence-electron chi connectivity index (χ4n) is 1.58. The van der Waals surface area contributed by atoms with E-state index in [1.54, 1.807) is 12.1 Å². The van der Waals surface area contributed by atoms with Gasteiger partial charge in [-0.25, -0.2) is 10.8 Å². The van der Waals surface area contributed by atoms with Crippen LogP contribution in [0.3, 0.4) is 0 Å². The minimum Gasteiger partial charge on any atom is -0.355 e. The van der Waals surface area contributed by atoms with Crippen molar-refractivity contribution >= 4 is 28.8 Å². The van der Waals surface area contributed by atoms with E-state index in [9.17, 15) is 13.2 Å². The van der Waals surface area contributed by atoms with Gasteiger partial charge in [-0.2, -0.15) is 13.2 Å². The van der Waals surface area contributed by atoms with Crippen LogP contribution in [0.15, 0.2) is 36.5 Å². The number of anilines is 3. The van der Waals surface area contributed by atoms with Crippen LogP contribution in [0, 0.1) is 0 Å². The second-order valence-electron chi connectivity index (χ2n) is 3.93. The summed E-state index contributed by atoms with van der Waals surface area (Å²) in [5.74, 6) is 5.59. The van der Waals surface area contributed by atoms with Crippen molar-refractivity contribution in [3.8, 4) is 0 Å². The lowest BCUT2D eigenvalue weighted by molar-refractivity contribution is -0.137. The number of rotatable bonds is 3. The lowest BCUT2D eigenvalue weighted by atomic mass is 10.2. The van der Waals surface area contributed by atoms with Crippen molar-refractivity contribution in [2.45, 2.75) is 6.18 Å². The Morgan fingerprint density at radius 2 is 1.85 bits per heavy atom. The first-order valence-electron chi connectivity index (χ1n) is 5.46. The van der Waals surface area contributed by atoms with Gasteiger partial charge in [0.1, 0.15) is 5.82 Å². The van der Waals surface area contributed by atoms with E-state index in [0.717, 1.165) is 12.1 Å². The van der Waals surface area contributed by atoms with E-state index in [-0.39, 0.29) is 10.7 Å². The minimum atomic E-state index is -4.45. The monoisotopic (exact) mass is 302 g/mol. The molecule has 0 unspecified atom stereocenters. The first-order chi connectivity index (χ1) is 9.38. The molecule has 0 radical (unpaired) electrons. The molecule has 4 N–H and O–H groups in total. The molecule has 0 fully saturated rings. The summed E-state index contributed by atoms with van der Waals surface area (Å²) in [6.07, 6.45) is -2.99. The predicted octanol–water partition coefficient (Wildman–Crippen LogP) is 3.78. The number of hydrogen-bond acceptors (Lipinski definition) is 4. The van der Waals surface area contributed by atoms with E-state index >= 15 is 0 Å². The average molecular weight is 303 g/mol. The fourth-order valence-corrected chi connectivity index (χ4v) is 1.81. The van der Waals surface area contributed by atoms with Gasteiger partial charge in [-0.3, -0.25) is 0 Å². The normalized spacial score (nSPS) is 11.2. The second kappa shape index (κ2) is 5.56. The molecule has 0 amide bonds. The lowest BCUT2D eigenvalue weighted by Gasteiger charge is -2.12. The van der Waals surface area contributed by atoms with Gasteiger partial charge in [0.25, 0.3) is 0 Å². The Hall–Kier alpha value is -1.99. The topological polar surface area (TPSA) is 63.0 Å². The van der Waals surface area contributed by atoms with E-state index < -0.39 is 11.7 Å². The summed E-state index contributed by atoms with van der Waals surface area (Å²) in [5, 5.41) is 2.81. The largest absolute Gasteiger partial charge is 0.416 e. The van der Waals surface area contributed by atoms with Gasteiger partial charge in [-0.05, 0) is 24.3 Å². The van der Waals surface area contributed by atoms with Gasteiger partial charge >= 0.3 is 6.18 Å². The molecular weight excluding hydrogens is 293 g/mol. The van der Waals surface area contributed by atoms with Gasteiger partial charge in [0.2, 0.25) is 0 Å². The van der Waals surface area contributed by atoms with Crippen LogP contribution in [0.5, 0.6) is 0 Å². The number of benzene rings is 1. The molecule has 0 aliphatic heterocycles. The second-order valence-corrected chi connectivity index (χ2v) is 4.36. The van der Waals surface area contributed by atoms with Gasteiger partial charge in [0.15, 0.2) is 0 Å². The molecule has 0 aliphatic carbocycles. The molecule has 20 heavy (non-hydrogen) atoms. The molecule has 0 aliphatic rings. The van der Waals surface area contributed by atoms with Crippen LogP contribution in [0.4, 0.5) is 30.4 Å². The first kappa shape index (κ1) is 14.4. The van der Waals surface area contributed by atoms with Gasteiger partial charge < -0.3 is 10.7 Å². The predicted molar refractivity (Wildman–Crippen MR) is 71.8 cm³/mol. The summed E-state index contributed by atoms with van der Waals surface area (Å²) in [5.41, 5.74) is 2.27. The van der Waals surface area contributed by atoms with Crippen LogP contribution in [0.1, 0.15) is 5.56 Å². The SMILES string of the molecule is NNc1cc(Nc2cc(Cl)cc(C(F)(F)F)c2)ccn1. The molecule has 0 bridgehead atoms. The van der Waals surface area contributed by atoms with Crippen molar-refractivity contribution in [2.24, 2.45) is 5.84 Å². The Kier molecular flexibility index (Phi) is 4.01. The molecule has 1 aromatic heterocycles. The van der Waals surface area contributed by atoms with Crippen LogP contribution in [-0.2, 0) is 6.18 Å². The number of nitrogen functional groups attached to an aromatic ring is 1. The van der Waals surface area contributed by atoms with E-state index in [4.69, 9.17) is 17.4 Å². The number of nitrogens with one attached hydrogen (secondary N) is 2. The Balaban J connectivity index is 2.31. The van der Waals surface area contributed by atoms with Crippen LogP contribution in [-0.4, -0.2) is 4.98 Å². The van der Waals surface area contributed by atoms with Gasteiger partial charge in [-0.1, -0.05) is 11.6 Å². The highest BCUT2D eigenvalue weighted by molar-refractivity contribution is 6.31. The van der Waals surface area contributed by atoms with Crippen LogP contribution < -0.4 is 16.6 Å². The number of hydrogen-bond donors (Lipinski definition) is 3. The number of halogens is 4. The highest BCUT2D eigenvalue weighted by Gasteiger charge is 2.31. The quantitative estimate of drug-likeness (QED) is 0.596. The maximum atomic E-state index is 12.7. The van der Waals surface area contributed by atoms with Crippen molar-refractivity contribution in [2.75, 3.05) is 10.7 Å². The third-order valence-corrected chi connectivity index (χ3v) is 2.64. The zero-order valence-corrected chi connectivity index (χ0v) is 10.8. The summed E-state index contributed by atoms with van der Waals surface area (Å²) in [6.45, 7) is 0. The molecule has 2 rings (SSSR count). The van der Waals surface area contributed by atoms with Gasteiger partial charge in [0.05, 0.1) is 5.56 Å². The van der Waals surface area contributed by atoms with E-state index in [0.29, 0.717) is 11.5 Å². The molecule has 0 atom stereocenters. The van der Waals surface area contributed by atoms with Crippen molar-refractivity contribution in [1.82, 2.24) is 4.98 Å². The third kappa shape index (κ3) is 3.52. The third-order valence-electron chi connectivity index (χ3n) is 2.42. The number of alkyl halides is 3. The number of hydrazine groups is 1. The lowest BCUT2D eigenvalue weighted by Crippen LogP contribution is -2.08. The van der Waals surface area contributed by atoms with E-state index in [1.807, 2.05) is 0 Å². The summed E-state index contributed by atoms with van der Waals surface area (Å²) in [6, 6.07) is 6.38. The molecule has 1 heterocycles. The summed E-state index contributed by atoms with van der Waals surface area (Å²) in [4.78, 5) is 3.89. The molecule has 0 saturated heterocycles. The van der Waals surface area contributed by atoms with Crippen LogP contribution in [0.25, 0.3) is 0 Å². The highest BCUT2D eigenvalue weighted by Crippen LogP contribution is 2.34. The Labute approximate surface area is 117 Å². The summed E-state index contributed by atoms with van der Waals surface area (Å²) < 4.78 is 38.0.